The van der Waals surface area contributed by atoms with E-state index < -0.39 is 0 Å². The van der Waals surface area contributed by atoms with Crippen LogP contribution in [-0.2, 0) is 6.54 Å². The van der Waals surface area contributed by atoms with Crippen LogP contribution in [0.5, 0.6) is 0 Å². The lowest BCUT2D eigenvalue weighted by Gasteiger charge is -2.09. The van der Waals surface area contributed by atoms with Crippen molar-refractivity contribution in [2.75, 3.05) is 11.5 Å². The van der Waals surface area contributed by atoms with Crippen molar-refractivity contribution in [2.24, 2.45) is 0 Å². The van der Waals surface area contributed by atoms with Gasteiger partial charge in [-0.25, -0.2) is 4.98 Å². The smallest absolute Gasteiger partial charge is 0.0900 e. The van der Waals surface area contributed by atoms with Gasteiger partial charge in [-0.05, 0) is 26.0 Å². The highest BCUT2D eigenvalue weighted by atomic mass is 32.2. The van der Waals surface area contributed by atoms with E-state index in [-0.39, 0.29) is 0 Å². The molecule has 1 saturated heterocycles. The van der Waals surface area contributed by atoms with Gasteiger partial charge in [-0.1, -0.05) is 0 Å². The average Bonchev–Trinajstić information content (AvgIpc) is 2.72. The van der Waals surface area contributed by atoms with Crippen LogP contribution >= 0.6 is 23.1 Å². The maximum Gasteiger partial charge on any atom is 0.0900 e. The molecule has 2 rings (SSSR count). The van der Waals surface area contributed by atoms with Crippen molar-refractivity contribution < 1.29 is 0 Å². The van der Waals surface area contributed by atoms with Crippen molar-refractivity contribution in [1.29, 1.82) is 0 Å². The highest BCUT2D eigenvalue weighted by Gasteiger charge is 2.15. The molecule has 1 atom stereocenters. The predicted molar refractivity (Wildman–Crippen MR) is 64.2 cm³/mol. The van der Waals surface area contributed by atoms with Crippen molar-refractivity contribution in [3.05, 3.63) is 15.6 Å². The zero-order valence-corrected chi connectivity index (χ0v) is 10.3. The minimum Gasteiger partial charge on any atom is -0.308 e. The highest BCUT2D eigenvalue weighted by Crippen LogP contribution is 2.20. The highest BCUT2D eigenvalue weighted by molar-refractivity contribution is 7.99. The van der Waals surface area contributed by atoms with Gasteiger partial charge in [0.1, 0.15) is 0 Å². The summed E-state index contributed by atoms with van der Waals surface area (Å²) in [6, 6.07) is 0.724. The summed E-state index contributed by atoms with van der Waals surface area (Å²) in [4.78, 5) is 5.83. The van der Waals surface area contributed by atoms with Crippen molar-refractivity contribution >= 4 is 23.1 Å². The summed E-state index contributed by atoms with van der Waals surface area (Å²) in [7, 11) is 0. The standard InChI is InChI=1S/C10H16N2S2/c1-7-10(14-8(2)12-7)5-11-9-3-4-13-6-9/h9,11H,3-6H2,1-2H3. The third-order valence-electron chi connectivity index (χ3n) is 2.48. The van der Waals surface area contributed by atoms with E-state index in [4.69, 9.17) is 0 Å². The van der Waals surface area contributed by atoms with Gasteiger partial charge in [0, 0.05) is 23.2 Å². The second kappa shape index (κ2) is 4.64. The second-order valence-corrected chi connectivity index (χ2v) is 6.12. The third kappa shape index (κ3) is 2.49. The van der Waals surface area contributed by atoms with E-state index in [2.05, 4.69) is 35.9 Å². The molecule has 0 spiro atoms. The minimum absolute atomic E-state index is 0.724. The summed E-state index contributed by atoms with van der Waals surface area (Å²) in [5, 5.41) is 4.78. The molecule has 4 heteroatoms. The predicted octanol–water partition coefficient (Wildman–Crippen LogP) is 2.36. The first kappa shape index (κ1) is 10.5. The van der Waals surface area contributed by atoms with Crippen LogP contribution in [0, 0.1) is 13.8 Å². The fourth-order valence-electron chi connectivity index (χ4n) is 1.67. The summed E-state index contributed by atoms with van der Waals surface area (Å²) < 4.78 is 0. The Morgan fingerprint density at radius 3 is 2.93 bits per heavy atom. The Morgan fingerprint density at radius 1 is 1.50 bits per heavy atom. The van der Waals surface area contributed by atoms with Gasteiger partial charge >= 0.3 is 0 Å². The number of aromatic nitrogens is 1. The minimum atomic E-state index is 0.724. The van der Waals surface area contributed by atoms with Gasteiger partial charge in [-0.15, -0.1) is 11.3 Å². The van der Waals surface area contributed by atoms with Crippen molar-refractivity contribution in [3.8, 4) is 0 Å². The Kier molecular flexibility index (Phi) is 3.47. The summed E-state index contributed by atoms with van der Waals surface area (Å²) in [6.07, 6.45) is 1.32. The number of hydrogen-bond acceptors (Lipinski definition) is 4. The number of thiazole rings is 1. The molecule has 1 N–H and O–H groups in total. The van der Waals surface area contributed by atoms with Crippen LogP contribution in [0.1, 0.15) is 22.0 Å². The molecular weight excluding hydrogens is 212 g/mol. The monoisotopic (exact) mass is 228 g/mol. The largest absolute Gasteiger partial charge is 0.308 e. The average molecular weight is 228 g/mol. The summed E-state index contributed by atoms with van der Waals surface area (Å²) >= 11 is 3.87. The van der Waals surface area contributed by atoms with Crippen molar-refractivity contribution in [1.82, 2.24) is 10.3 Å². The lowest BCUT2D eigenvalue weighted by Crippen LogP contribution is -2.27. The van der Waals surface area contributed by atoms with Gasteiger partial charge in [-0.3, -0.25) is 0 Å². The van der Waals surface area contributed by atoms with Gasteiger partial charge in [0.2, 0.25) is 0 Å². The molecule has 1 aliphatic heterocycles. The van der Waals surface area contributed by atoms with Crippen molar-refractivity contribution in [3.63, 3.8) is 0 Å². The molecule has 0 radical (unpaired) electrons. The van der Waals surface area contributed by atoms with Crippen LogP contribution in [-0.4, -0.2) is 22.5 Å². The van der Waals surface area contributed by atoms with Crippen LogP contribution in [0.2, 0.25) is 0 Å². The molecule has 0 saturated carbocycles. The molecule has 0 bridgehead atoms. The van der Waals surface area contributed by atoms with E-state index in [0.29, 0.717) is 0 Å². The number of nitrogens with one attached hydrogen (secondary N) is 1. The zero-order chi connectivity index (χ0) is 9.97. The van der Waals surface area contributed by atoms with Crippen LogP contribution in [0.4, 0.5) is 0 Å². The van der Waals surface area contributed by atoms with E-state index >= 15 is 0 Å². The van der Waals surface area contributed by atoms with Gasteiger partial charge in [0.25, 0.3) is 0 Å². The molecule has 1 aromatic heterocycles. The van der Waals surface area contributed by atoms with E-state index in [1.54, 1.807) is 0 Å². The topological polar surface area (TPSA) is 24.9 Å². The molecule has 78 valence electrons. The summed E-state index contributed by atoms with van der Waals surface area (Å²) in [5.74, 6) is 2.59. The Morgan fingerprint density at radius 2 is 2.36 bits per heavy atom. The first-order chi connectivity index (χ1) is 6.75. The first-order valence-corrected chi connectivity index (χ1v) is 6.97. The van der Waals surface area contributed by atoms with Crippen LogP contribution in [0.25, 0.3) is 0 Å². The zero-order valence-electron chi connectivity index (χ0n) is 8.67. The number of hydrogen-bond donors (Lipinski definition) is 1. The molecule has 1 fully saturated rings. The van der Waals surface area contributed by atoms with Gasteiger partial charge in [0.15, 0.2) is 0 Å². The molecule has 1 aromatic rings. The second-order valence-electron chi connectivity index (χ2n) is 3.68. The molecule has 14 heavy (non-hydrogen) atoms. The molecule has 1 unspecified atom stereocenters. The van der Waals surface area contributed by atoms with Gasteiger partial charge < -0.3 is 5.32 Å². The Hall–Kier alpha value is -0.0600. The third-order valence-corrected chi connectivity index (χ3v) is 4.72. The maximum atomic E-state index is 4.43. The van der Waals surface area contributed by atoms with E-state index in [1.165, 1.54) is 33.5 Å². The number of rotatable bonds is 3. The number of aryl methyl sites for hydroxylation is 2. The lowest BCUT2D eigenvalue weighted by molar-refractivity contribution is 0.560. The molecule has 2 nitrogen and oxygen atoms in total. The molecule has 1 aliphatic rings. The Balaban J connectivity index is 1.87. The fraction of sp³-hybridized carbons (Fsp3) is 0.700. The summed E-state index contributed by atoms with van der Waals surface area (Å²) in [6.45, 7) is 5.18. The van der Waals surface area contributed by atoms with Crippen LogP contribution in [0.3, 0.4) is 0 Å². The van der Waals surface area contributed by atoms with Gasteiger partial charge in [-0.2, -0.15) is 11.8 Å². The van der Waals surface area contributed by atoms with E-state index in [9.17, 15) is 0 Å². The number of thioether (sulfide) groups is 1. The Labute approximate surface area is 93.5 Å². The lowest BCUT2D eigenvalue weighted by atomic mass is 10.2. The first-order valence-electron chi connectivity index (χ1n) is 5.00. The molecule has 0 aliphatic carbocycles. The number of nitrogens with zero attached hydrogens (tertiary/aromatic N) is 1. The van der Waals surface area contributed by atoms with Crippen LogP contribution < -0.4 is 5.32 Å². The fourth-order valence-corrected chi connectivity index (χ4v) is 3.74. The maximum absolute atomic E-state index is 4.43. The quantitative estimate of drug-likeness (QED) is 0.859. The van der Waals surface area contributed by atoms with E-state index in [1.807, 2.05) is 11.3 Å². The molecule has 2 heterocycles. The molecular formula is C10H16N2S2. The van der Waals surface area contributed by atoms with E-state index in [0.717, 1.165) is 12.6 Å². The van der Waals surface area contributed by atoms with Crippen molar-refractivity contribution in [2.45, 2.75) is 32.9 Å². The van der Waals surface area contributed by atoms with Gasteiger partial charge in [0.05, 0.1) is 10.7 Å². The summed E-state index contributed by atoms with van der Waals surface area (Å²) in [5.41, 5.74) is 1.20. The molecule has 0 aromatic carbocycles. The molecule has 0 amide bonds. The SMILES string of the molecule is Cc1nc(C)c(CNC2CCSC2)s1. The normalized spacial score (nSPS) is 21.7. The van der Waals surface area contributed by atoms with Crippen LogP contribution in [0.15, 0.2) is 0 Å². The Bertz CT molecular complexity index is 303.